The van der Waals surface area contributed by atoms with E-state index in [1.54, 1.807) is 7.11 Å². The average Bonchev–Trinajstić information content (AvgIpc) is 3.09. The van der Waals surface area contributed by atoms with Crippen molar-refractivity contribution in [1.82, 2.24) is 4.98 Å². The number of H-pyrrole nitrogens is 1. The molecule has 0 fully saturated rings. The van der Waals surface area contributed by atoms with E-state index in [4.69, 9.17) is 9.47 Å². The lowest BCUT2D eigenvalue weighted by Gasteiger charge is -2.22. The quantitative estimate of drug-likeness (QED) is 0.404. The molecule has 2 N–H and O–H groups in total. The van der Waals surface area contributed by atoms with Crippen molar-refractivity contribution >= 4 is 16.6 Å². The summed E-state index contributed by atoms with van der Waals surface area (Å²) in [5.41, 5.74) is 5.77. The monoisotopic (exact) mass is 386 g/mol. The van der Waals surface area contributed by atoms with Gasteiger partial charge < -0.3 is 19.8 Å². The second-order valence-electron chi connectivity index (χ2n) is 7.02. The Bertz CT molecular complexity index is 1080. The predicted molar refractivity (Wildman–Crippen MR) is 119 cm³/mol. The molecule has 0 aliphatic carbocycles. The Balaban J connectivity index is 1.77. The van der Waals surface area contributed by atoms with E-state index in [9.17, 15) is 0 Å². The molecule has 4 aromatic rings. The van der Waals surface area contributed by atoms with Crippen LogP contribution in [0.15, 0.2) is 72.8 Å². The van der Waals surface area contributed by atoms with Gasteiger partial charge in [-0.25, -0.2) is 0 Å². The lowest BCUT2D eigenvalue weighted by atomic mass is 9.95. The number of para-hydroxylation sites is 1. The first-order valence-electron chi connectivity index (χ1n) is 9.90. The summed E-state index contributed by atoms with van der Waals surface area (Å²) in [5.74, 6) is 1.73. The Labute approximate surface area is 171 Å². The van der Waals surface area contributed by atoms with Gasteiger partial charge in [-0.2, -0.15) is 0 Å². The van der Waals surface area contributed by atoms with E-state index in [1.165, 1.54) is 16.5 Å². The van der Waals surface area contributed by atoms with Gasteiger partial charge in [0.05, 0.1) is 19.8 Å². The first kappa shape index (κ1) is 18.9. The molecule has 0 aliphatic heterocycles. The molecule has 0 saturated carbocycles. The van der Waals surface area contributed by atoms with Crippen molar-refractivity contribution in [3.05, 3.63) is 89.6 Å². The number of nitrogens with one attached hydrogen (secondary N) is 2. The summed E-state index contributed by atoms with van der Waals surface area (Å²) >= 11 is 0. The molecule has 0 bridgehead atoms. The predicted octanol–water partition coefficient (Wildman–Crippen LogP) is 6.09. The van der Waals surface area contributed by atoms with E-state index in [0.29, 0.717) is 6.61 Å². The van der Waals surface area contributed by atoms with Crippen molar-refractivity contribution in [3.8, 4) is 11.5 Å². The van der Waals surface area contributed by atoms with Crippen LogP contribution in [0.1, 0.15) is 29.8 Å². The fourth-order valence-electron chi connectivity index (χ4n) is 3.77. The van der Waals surface area contributed by atoms with E-state index in [2.05, 4.69) is 65.8 Å². The molecule has 1 unspecified atom stereocenters. The highest BCUT2D eigenvalue weighted by molar-refractivity contribution is 5.86. The number of anilines is 1. The van der Waals surface area contributed by atoms with Gasteiger partial charge in [0, 0.05) is 27.8 Å². The molecular formula is C25H26N2O2. The number of benzene rings is 3. The molecule has 0 aliphatic rings. The van der Waals surface area contributed by atoms with Crippen LogP contribution in [0.5, 0.6) is 11.5 Å². The van der Waals surface area contributed by atoms with Gasteiger partial charge >= 0.3 is 0 Å². The van der Waals surface area contributed by atoms with Crippen LogP contribution in [-0.2, 0) is 0 Å². The van der Waals surface area contributed by atoms with Gasteiger partial charge in [0.1, 0.15) is 11.5 Å². The third-order valence-electron chi connectivity index (χ3n) is 5.16. The Morgan fingerprint density at radius 1 is 0.897 bits per heavy atom. The number of hydrogen-bond donors (Lipinski definition) is 2. The number of fused-ring (bicyclic) bond motifs is 1. The standard InChI is InChI=1S/C25H26N2O2/c1-4-29-21-15-11-19(12-16-21)27-25(18-9-13-20(28-3)14-10-18)24-17(2)26-23-8-6-5-7-22(23)24/h5-16,25-27H,4H2,1-3H3. The van der Waals surface area contributed by atoms with E-state index < -0.39 is 0 Å². The fraction of sp³-hybridized carbons (Fsp3) is 0.200. The summed E-state index contributed by atoms with van der Waals surface area (Å²) in [6.45, 7) is 4.78. The molecule has 0 radical (unpaired) electrons. The molecule has 0 amide bonds. The van der Waals surface area contributed by atoms with Crippen LogP contribution in [0, 0.1) is 6.92 Å². The minimum Gasteiger partial charge on any atom is -0.497 e. The molecule has 29 heavy (non-hydrogen) atoms. The van der Waals surface area contributed by atoms with E-state index in [0.717, 1.165) is 28.4 Å². The largest absolute Gasteiger partial charge is 0.497 e. The van der Waals surface area contributed by atoms with Gasteiger partial charge in [-0.05, 0) is 61.9 Å². The zero-order valence-electron chi connectivity index (χ0n) is 17.0. The minimum absolute atomic E-state index is 0.00463. The molecule has 0 spiro atoms. The molecule has 1 atom stereocenters. The summed E-state index contributed by atoms with van der Waals surface area (Å²) < 4.78 is 10.9. The maximum atomic E-state index is 5.58. The van der Waals surface area contributed by atoms with Crippen molar-refractivity contribution in [2.24, 2.45) is 0 Å². The van der Waals surface area contributed by atoms with Crippen LogP contribution in [0.25, 0.3) is 10.9 Å². The lowest BCUT2D eigenvalue weighted by Crippen LogP contribution is -2.13. The van der Waals surface area contributed by atoms with Gasteiger partial charge in [-0.1, -0.05) is 30.3 Å². The van der Waals surface area contributed by atoms with Crippen molar-refractivity contribution < 1.29 is 9.47 Å². The van der Waals surface area contributed by atoms with Crippen LogP contribution >= 0.6 is 0 Å². The fourth-order valence-corrected chi connectivity index (χ4v) is 3.77. The van der Waals surface area contributed by atoms with Crippen LogP contribution in [-0.4, -0.2) is 18.7 Å². The molecule has 148 valence electrons. The Morgan fingerprint density at radius 3 is 2.28 bits per heavy atom. The van der Waals surface area contributed by atoms with Crippen LogP contribution in [0.2, 0.25) is 0 Å². The minimum atomic E-state index is -0.00463. The summed E-state index contributed by atoms with van der Waals surface area (Å²) in [6, 6.07) is 24.8. The number of aryl methyl sites for hydroxylation is 1. The lowest BCUT2D eigenvalue weighted by molar-refractivity contribution is 0.340. The summed E-state index contributed by atoms with van der Waals surface area (Å²) in [7, 11) is 1.69. The molecule has 0 saturated heterocycles. The average molecular weight is 386 g/mol. The highest BCUT2D eigenvalue weighted by atomic mass is 16.5. The van der Waals surface area contributed by atoms with Gasteiger partial charge in [0.25, 0.3) is 0 Å². The molecule has 1 heterocycles. The Morgan fingerprint density at radius 2 is 1.59 bits per heavy atom. The Hall–Kier alpha value is -3.40. The smallest absolute Gasteiger partial charge is 0.119 e. The van der Waals surface area contributed by atoms with E-state index >= 15 is 0 Å². The number of aromatic amines is 1. The molecule has 1 aromatic heterocycles. The zero-order valence-corrected chi connectivity index (χ0v) is 17.0. The topological polar surface area (TPSA) is 46.3 Å². The Kier molecular flexibility index (Phi) is 5.43. The highest BCUT2D eigenvalue weighted by Gasteiger charge is 2.21. The van der Waals surface area contributed by atoms with Gasteiger partial charge in [0.15, 0.2) is 0 Å². The first-order chi connectivity index (χ1) is 14.2. The van der Waals surface area contributed by atoms with Gasteiger partial charge in [-0.15, -0.1) is 0 Å². The van der Waals surface area contributed by atoms with E-state index in [1.807, 2.05) is 31.2 Å². The molecule has 3 aromatic carbocycles. The number of hydrogen-bond acceptors (Lipinski definition) is 3. The maximum Gasteiger partial charge on any atom is 0.119 e. The highest BCUT2D eigenvalue weighted by Crippen LogP contribution is 2.35. The normalized spacial score (nSPS) is 12.0. The number of methoxy groups -OCH3 is 1. The summed E-state index contributed by atoms with van der Waals surface area (Å²) in [6.07, 6.45) is 0. The van der Waals surface area contributed by atoms with Crippen LogP contribution < -0.4 is 14.8 Å². The van der Waals surface area contributed by atoms with Crippen molar-refractivity contribution in [3.63, 3.8) is 0 Å². The molecule has 4 rings (SSSR count). The molecule has 4 heteroatoms. The van der Waals surface area contributed by atoms with E-state index in [-0.39, 0.29) is 6.04 Å². The molecular weight excluding hydrogens is 360 g/mol. The van der Waals surface area contributed by atoms with Gasteiger partial charge in [-0.3, -0.25) is 0 Å². The third kappa shape index (κ3) is 3.92. The van der Waals surface area contributed by atoms with Crippen molar-refractivity contribution in [2.45, 2.75) is 19.9 Å². The van der Waals surface area contributed by atoms with Gasteiger partial charge in [0.2, 0.25) is 0 Å². The summed E-state index contributed by atoms with van der Waals surface area (Å²) in [5, 5.41) is 4.95. The second kappa shape index (κ2) is 8.31. The second-order valence-corrected chi connectivity index (χ2v) is 7.02. The summed E-state index contributed by atoms with van der Waals surface area (Å²) in [4.78, 5) is 3.53. The van der Waals surface area contributed by atoms with Crippen molar-refractivity contribution in [1.29, 1.82) is 0 Å². The molecule has 4 nitrogen and oxygen atoms in total. The maximum absolute atomic E-state index is 5.58. The SMILES string of the molecule is CCOc1ccc(NC(c2ccc(OC)cc2)c2c(C)[nH]c3ccccc23)cc1. The number of rotatable bonds is 7. The van der Waals surface area contributed by atoms with Crippen LogP contribution in [0.3, 0.4) is 0 Å². The van der Waals surface area contributed by atoms with Crippen molar-refractivity contribution in [2.75, 3.05) is 19.0 Å². The first-order valence-corrected chi connectivity index (χ1v) is 9.90. The number of aromatic nitrogens is 1. The van der Waals surface area contributed by atoms with Crippen LogP contribution in [0.4, 0.5) is 5.69 Å². The zero-order chi connectivity index (χ0) is 20.2. The number of ether oxygens (including phenoxy) is 2. The third-order valence-corrected chi connectivity index (χ3v) is 5.16.